The van der Waals surface area contributed by atoms with Gasteiger partial charge in [-0.3, -0.25) is 9.59 Å². The number of unbranched alkanes of at least 4 members (excludes halogenated alkanes) is 11. The molecule has 52 heavy (non-hydrogen) atoms. The maximum absolute atomic E-state index is 12.4. The Kier molecular flexibility index (Phi) is 31.7. The minimum Gasteiger partial charge on any atom is -0.542 e. The summed E-state index contributed by atoms with van der Waals surface area (Å²) in [6.45, 7) is 9.96. The van der Waals surface area contributed by atoms with Gasteiger partial charge in [-0.15, -0.1) is 0 Å². The van der Waals surface area contributed by atoms with Crippen molar-refractivity contribution in [2.24, 2.45) is 0 Å². The fourth-order valence-electron chi connectivity index (χ4n) is 5.08. The highest BCUT2D eigenvalue weighted by Gasteiger charge is 2.29. The number of halogens is 6. The zero-order chi connectivity index (χ0) is 40.7. The quantitative estimate of drug-likeness (QED) is 0.0558. The Bertz CT molecular complexity index is 886. The van der Waals surface area contributed by atoms with E-state index in [1.807, 2.05) is 0 Å². The lowest BCUT2D eigenvalue weighted by Gasteiger charge is -2.33. The molecule has 0 aromatic carbocycles. The highest BCUT2D eigenvalue weighted by atomic mass is 19.4. The lowest BCUT2D eigenvalue weighted by Crippen LogP contribution is -2.52. The molecule has 0 aliphatic carbocycles. The molecule has 12 nitrogen and oxygen atoms in total. The van der Waals surface area contributed by atoms with E-state index in [-0.39, 0.29) is 25.0 Å². The van der Waals surface area contributed by atoms with E-state index >= 15 is 0 Å². The van der Waals surface area contributed by atoms with Crippen LogP contribution in [-0.4, -0.2) is 135 Å². The molecule has 2 amide bonds. The van der Waals surface area contributed by atoms with Crippen molar-refractivity contribution in [2.45, 2.75) is 116 Å². The maximum Gasteiger partial charge on any atom is 0.430 e. The molecule has 0 aliphatic heterocycles. The van der Waals surface area contributed by atoms with E-state index in [2.05, 4.69) is 38.6 Å². The van der Waals surface area contributed by atoms with Gasteiger partial charge in [0.2, 0.25) is 0 Å². The van der Waals surface area contributed by atoms with E-state index in [4.69, 9.17) is 19.8 Å². The van der Waals surface area contributed by atoms with Gasteiger partial charge in [-0.1, -0.05) is 65.2 Å². The van der Waals surface area contributed by atoms with Gasteiger partial charge < -0.3 is 49.6 Å². The van der Waals surface area contributed by atoms with Crippen molar-refractivity contribution in [3.05, 3.63) is 0 Å². The molecule has 2 atom stereocenters. The Morgan fingerprint density at radius 3 is 1.04 bits per heavy atom. The summed E-state index contributed by atoms with van der Waals surface area (Å²) >= 11 is 0. The zero-order valence-electron chi connectivity index (χ0n) is 31.5. The van der Waals surface area contributed by atoms with E-state index in [1.54, 1.807) is 0 Å². The summed E-state index contributed by atoms with van der Waals surface area (Å²) in [6, 6.07) is 0. The summed E-state index contributed by atoms with van der Waals surface area (Å²) < 4.78 is 64.3. The van der Waals surface area contributed by atoms with Crippen LogP contribution in [0.25, 0.3) is 0 Å². The van der Waals surface area contributed by atoms with Crippen LogP contribution in [0.3, 0.4) is 0 Å². The third-order valence-electron chi connectivity index (χ3n) is 8.14. The Morgan fingerprint density at radius 1 is 0.519 bits per heavy atom. The van der Waals surface area contributed by atoms with Crippen LogP contribution in [0.5, 0.6) is 0 Å². The summed E-state index contributed by atoms with van der Waals surface area (Å²) in [4.78, 5) is 42.4. The average molecular weight is 771 g/mol. The molecule has 0 rings (SSSR count). The summed E-state index contributed by atoms with van der Waals surface area (Å²) in [5.74, 6) is -5.83. The molecule has 2 unspecified atom stereocenters. The van der Waals surface area contributed by atoms with Gasteiger partial charge >= 0.3 is 12.4 Å². The number of nitrogens with zero attached hydrogens (tertiary/aromatic N) is 2. The van der Waals surface area contributed by atoms with Gasteiger partial charge in [-0.05, 0) is 38.5 Å². The van der Waals surface area contributed by atoms with Gasteiger partial charge in [-0.25, -0.2) is 0 Å². The molecule has 0 saturated heterocycles. The summed E-state index contributed by atoms with van der Waals surface area (Å²) in [5.41, 5.74) is 0. The molecule has 0 fully saturated rings. The van der Waals surface area contributed by atoms with Crippen molar-refractivity contribution in [2.75, 3.05) is 79.7 Å². The monoisotopic (exact) mass is 770 g/mol. The third-order valence-corrected chi connectivity index (χ3v) is 8.14. The molecule has 0 aromatic heterocycles. The predicted octanol–water partition coefficient (Wildman–Crippen LogP) is 2.20. The summed E-state index contributed by atoms with van der Waals surface area (Å²) in [5, 5.41) is 42.7. The SMILES string of the molecule is CCCCCCNC(=O)C[N+](C)(CCO)CCCCCCCC[N+](C)(CCO)CC(=O)NCCCCCC.O=C([O-])C(F)(F)F.O=C([O-])C(F)(F)F. The molecule has 0 radical (unpaired) electrons. The molecule has 0 bridgehead atoms. The average Bonchev–Trinajstić information content (AvgIpc) is 3.02. The second-order valence-electron chi connectivity index (χ2n) is 13.4. The van der Waals surface area contributed by atoms with Gasteiger partial charge in [0.15, 0.2) is 13.1 Å². The molecular weight excluding hydrogens is 706 g/mol. The summed E-state index contributed by atoms with van der Waals surface area (Å²) in [7, 11) is 4.16. The highest BCUT2D eigenvalue weighted by molar-refractivity contribution is 5.77. The maximum atomic E-state index is 12.4. The molecule has 310 valence electrons. The van der Waals surface area contributed by atoms with E-state index in [9.17, 15) is 46.1 Å². The first-order chi connectivity index (χ1) is 24.1. The fourth-order valence-corrected chi connectivity index (χ4v) is 5.08. The first-order valence-electron chi connectivity index (χ1n) is 18.1. The lowest BCUT2D eigenvalue weighted by atomic mass is 10.1. The zero-order valence-corrected chi connectivity index (χ0v) is 31.5. The number of carboxylic acids is 2. The van der Waals surface area contributed by atoms with Crippen molar-refractivity contribution in [1.29, 1.82) is 0 Å². The van der Waals surface area contributed by atoms with E-state index < -0.39 is 24.3 Å². The number of hydrogen-bond acceptors (Lipinski definition) is 8. The predicted molar refractivity (Wildman–Crippen MR) is 180 cm³/mol. The van der Waals surface area contributed by atoms with Crippen LogP contribution in [-0.2, 0) is 19.2 Å². The van der Waals surface area contributed by atoms with Crippen LogP contribution in [0.1, 0.15) is 104 Å². The smallest absolute Gasteiger partial charge is 0.430 e. The number of aliphatic hydroxyl groups excluding tert-OH is 2. The number of alkyl halides is 6. The van der Waals surface area contributed by atoms with Crippen molar-refractivity contribution in [1.82, 2.24) is 10.6 Å². The third kappa shape index (κ3) is 34.4. The molecular formula is C34H64F6N4O8. The Labute approximate surface area is 305 Å². The topological polar surface area (TPSA) is 179 Å². The number of carbonyl (C=O) groups is 4. The van der Waals surface area contributed by atoms with Gasteiger partial charge in [-0.2, -0.15) is 26.3 Å². The van der Waals surface area contributed by atoms with Crippen molar-refractivity contribution < 1.29 is 74.9 Å². The minimum absolute atomic E-state index is 0.0895. The first-order valence-corrected chi connectivity index (χ1v) is 18.1. The Morgan fingerprint density at radius 2 is 0.788 bits per heavy atom. The first kappa shape index (κ1) is 53.7. The number of carbonyl (C=O) groups excluding carboxylic acids is 4. The van der Waals surface area contributed by atoms with Crippen LogP contribution in [0.15, 0.2) is 0 Å². The number of aliphatic carboxylic acids is 2. The number of aliphatic hydroxyl groups is 2. The molecule has 0 saturated carbocycles. The van der Waals surface area contributed by atoms with E-state index in [0.29, 0.717) is 35.1 Å². The van der Waals surface area contributed by atoms with Crippen LogP contribution in [0.2, 0.25) is 0 Å². The Hall–Kier alpha value is -2.70. The summed E-state index contributed by atoms with van der Waals surface area (Å²) in [6.07, 6.45) is 5.49. The number of nitrogens with one attached hydrogen (secondary N) is 2. The number of likely N-dealkylation sites (N-methyl/N-ethyl adjacent to an activating group) is 2. The molecule has 0 aliphatic rings. The van der Waals surface area contributed by atoms with Gasteiger partial charge in [0.25, 0.3) is 11.8 Å². The number of amides is 2. The second-order valence-corrected chi connectivity index (χ2v) is 13.4. The number of carboxylic acid groups (broad SMARTS) is 2. The molecule has 18 heteroatoms. The minimum atomic E-state index is -5.19. The largest absolute Gasteiger partial charge is 0.542 e. The fraction of sp³-hybridized carbons (Fsp3) is 0.882. The molecule has 0 spiro atoms. The van der Waals surface area contributed by atoms with Gasteiger partial charge in [0.1, 0.15) is 25.0 Å². The van der Waals surface area contributed by atoms with Crippen LogP contribution < -0.4 is 20.8 Å². The number of rotatable bonds is 27. The van der Waals surface area contributed by atoms with Crippen LogP contribution in [0, 0.1) is 0 Å². The van der Waals surface area contributed by atoms with E-state index in [1.165, 1.54) is 25.7 Å². The van der Waals surface area contributed by atoms with Gasteiger partial charge in [0.05, 0.1) is 40.4 Å². The van der Waals surface area contributed by atoms with Crippen molar-refractivity contribution >= 4 is 23.8 Å². The number of quaternary nitrogens is 2. The normalized spacial score (nSPS) is 13.7. The standard InChI is InChI=1S/C30H62N4O4.2C2HF3O2/c1-5-7-9-15-19-31-29(37)27-33(3,23-25-35)21-17-13-11-12-14-18-22-34(4,24-26-36)28-30(38)32-20-16-10-8-6-2;2*3-2(4,5)1(6)7/h35-36H,5-28H2,1-4H3;2*(H,6,7). The Balaban J connectivity index is -0.00000143. The van der Waals surface area contributed by atoms with Crippen molar-refractivity contribution in [3.63, 3.8) is 0 Å². The number of hydrogen-bond donors (Lipinski definition) is 4. The molecule has 0 heterocycles. The second kappa shape index (κ2) is 30.7. The van der Waals surface area contributed by atoms with Crippen molar-refractivity contribution in [3.8, 4) is 0 Å². The molecule has 0 aromatic rings. The lowest BCUT2D eigenvalue weighted by molar-refractivity contribution is -0.902. The van der Waals surface area contributed by atoms with Crippen LogP contribution in [0.4, 0.5) is 26.3 Å². The van der Waals surface area contributed by atoms with Gasteiger partial charge in [0, 0.05) is 13.1 Å². The van der Waals surface area contributed by atoms with Crippen LogP contribution >= 0.6 is 0 Å². The van der Waals surface area contributed by atoms with E-state index in [0.717, 1.165) is 90.4 Å². The highest BCUT2D eigenvalue weighted by Crippen LogP contribution is 2.14. The molecule has 4 N–H and O–H groups in total.